The maximum absolute atomic E-state index is 8.56. The summed E-state index contributed by atoms with van der Waals surface area (Å²) < 4.78 is 0. The smallest absolute Gasteiger partial charge is 0.0697 e. The zero-order valence-corrected chi connectivity index (χ0v) is 12.0. The second-order valence-electron chi connectivity index (χ2n) is 5.11. The Kier molecular flexibility index (Phi) is 3.19. The topological polar surface area (TPSA) is 47.7 Å². The van der Waals surface area contributed by atoms with Crippen LogP contribution in [0.4, 0.5) is 0 Å². The molecule has 20 heavy (non-hydrogen) atoms. The van der Waals surface area contributed by atoms with Crippen LogP contribution in [-0.4, -0.2) is 11.4 Å². The SMILES string of the molecule is Cc1c(Cl)ccc2c1C(=N)c1ccccc1C(=N)CC2. The maximum atomic E-state index is 8.56. The van der Waals surface area contributed by atoms with Gasteiger partial charge in [0.05, 0.1) is 5.71 Å². The molecule has 0 bridgehead atoms. The lowest BCUT2D eigenvalue weighted by Crippen LogP contribution is -2.17. The van der Waals surface area contributed by atoms with Crippen molar-refractivity contribution in [1.82, 2.24) is 0 Å². The minimum absolute atomic E-state index is 0.472. The maximum Gasteiger partial charge on any atom is 0.0697 e. The van der Waals surface area contributed by atoms with Crippen molar-refractivity contribution < 1.29 is 0 Å². The number of fused-ring (bicyclic) bond motifs is 2. The van der Waals surface area contributed by atoms with Crippen molar-refractivity contribution in [3.63, 3.8) is 0 Å². The quantitative estimate of drug-likeness (QED) is 0.720. The molecule has 0 atom stereocenters. The molecule has 0 aliphatic heterocycles. The highest BCUT2D eigenvalue weighted by Crippen LogP contribution is 2.29. The number of rotatable bonds is 0. The third-order valence-electron chi connectivity index (χ3n) is 3.90. The zero-order chi connectivity index (χ0) is 14.3. The van der Waals surface area contributed by atoms with Crippen LogP contribution < -0.4 is 0 Å². The van der Waals surface area contributed by atoms with Gasteiger partial charge in [0, 0.05) is 27.4 Å². The predicted octanol–water partition coefficient (Wildman–Crippen LogP) is 4.38. The second kappa shape index (κ2) is 4.88. The van der Waals surface area contributed by atoms with Gasteiger partial charge in [-0.05, 0) is 37.0 Å². The van der Waals surface area contributed by atoms with Gasteiger partial charge in [0.2, 0.25) is 0 Å². The van der Waals surface area contributed by atoms with Crippen molar-refractivity contribution >= 4 is 23.0 Å². The minimum atomic E-state index is 0.472. The number of benzene rings is 2. The first-order valence-electron chi connectivity index (χ1n) is 6.63. The van der Waals surface area contributed by atoms with E-state index >= 15 is 0 Å². The van der Waals surface area contributed by atoms with Gasteiger partial charge >= 0.3 is 0 Å². The lowest BCUT2D eigenvalue weighted by molar-refractivity contribution is 1.01. The summed E-state index contributed by atoms with van der Waals surface area (Å²) in [6.07, 6.45) is 1.47. The van der Waals surface area contributed by atoms with E-state index in [-0.39, 0.29) is 0 Å². The minimum Gasteiger partial charge on any atom is -0.305 e. The van der Waals surface area contributed by atoms with Gasteiger partial charge in [-0.25, -0.2) is 0 Å². The molecule has 1 aliphatic carbocycles. The highest BCUT2D eigenvalue weighted by atomic mass is 35.5. The van der Waals surface area contributed by atoms with Crippen molar-refractivity contribution in [2.45, 2.75) is 19.8 Å². The average Bonchev–Trinajstić information content (AvgIpc) is 2.46. The van der Waals surface area contributed by atoms with Crippen molar-refractivity contribution in [3.8, 4) is 0 Å². The van der Waals surface area contributed by atoms with E-state index in [0.717, 1.165) is 34.2 Å². The fraction of sp³-hybridized carbons (Fsp3) is 0.176. The van der Waals surface area contributed by atoms with Crippen molar-refractivity contribution in [3.05, 3.63) is 69.2 Å². The summed E-state index contributed by atoms with van der Waals surface area (Å²) in [5.41, 5.74) is 5.75. The molecule has 0 heterocycles. The highest BCUT2D eigenvalue weighted by molar-refractivity contribution is 6.32. The molecule has 0 radical (unpaired) electrons. The first-order chi connectivity index (χ1) is 9.59. The molecule has 100 valence electrons. The summed E-state index contributed by atoms with van der Waals surface area (Å²) >= 11 is 6.22. The lowest BCUT2D eigenvalue weighted by atomic mass is 9.84. The Hall–Kier alpha value is -1.93. The van der Waals surface area contributed by atoms with Crippen LogP contribution in [0.25, 0.3) is 0 Å². The van der Waals surface area contributed by atoms with E-state index in [4.69, 9.17) is 22.4 Å². The Labute approximate surface area is 123 Å². The summed E-state index contributed by atoms with van der Waals surface area (Å²) in [7, 11) is 0. The normalized spacial score (nSPS) is 14.3. The van der Waals surface area contributed by atoms with Crippen LogP contribution in [0, 0.1) is 17.7 Å². The molecule has 1 aliphatic rings. The van der Waals surface area contributed by atoms with E-state index in [9.17, 15) is 0 Å². The van der Waals surface area contributed by atoms with Gasteiger partial charge in [-0.15, -0.1) is 0 Å². The van der Waals surface area contributed by atoms with Gasteiger partial charge in [-0.3, -0.25) is 5.41 Å². The third-order valence-corrected chi connectivity index (χ3v) is 4.31. The van der Waals surface area contributed by atoms with Crippen molar-refractivity contribution in [2.75, 3.05) is 0 Å². The summed E-state index contributed by atoms with van der Waals surface area (Å²) in [6.45, 7) is 1.96. The molecule has 0 aromatic heterocycles. The summed E-state index contributed by atoms with van der Waals surface area (Å²) in [5, 5.41) is 17.5. The molecular formula is C17H15ClN2. The molecule has 2 aromatic carbocycles. The predicted molar refractivity (Wildman–Crippen MR) is 83.7 cm³/mol. The fourth-order valence-electron chi connectivity index (χ4n) is 2.79. The Morgan fingerprint density at radius 1 is 0.950 bits per heavy atom. The molecule has 0 unspecified atom stereocenters. The van der Waals surface area contributed by atoms with Crippen LogP contribution in [-0.2, 0) is 6.42 Å². The molecule has 2 N–H and O–H groups in total. The van der Waals surface area contributed by atoms with E-state index in [2.05, 4.69) is 0 Å². The van der Waals surface area contributed by atoms with Gasteiger partial charge < -0.3 is 5.41 Å². The van der Waals surface area contributed by atoms with Gasteiger partial charge in [0.25, 0.3) is 0 Å². The van der Waals surface area contributed by atoms with E-state index in [1.165, 1.54) is 0 Å². The molecule has 0 fully saturated rings. The Morgan fingerprint density at radius 3 is 2.40 bits per heavy atom. The number of hydrogen-bond acceptors (Lipinski definition) is 2. The summed E-state index contributed by atoms with van der Waals surface area (Å²) in [4.78, 5) is 0. The molecule has 0 saturated carbocycles. The highest BCUT2D eigenvalue weighted by Gasteiger charge is 2.21. The van der Waals surface area contributed by atoms with Crippen LogP contribution in [0.15, 0.2) is 36.4 Å². The lowest BCUT2D eigenvalue weighted by Gasteiger charge is -2.21. The number of nitrogens with one attached hydrogen (secondary N) is 2. The standard InChI is InChI=1S/C17H15ClN2/c1-10-14(18)8-6-11-7-9-15(19)12-4-2-3-5-13(12)17(20)16(10)11/h2-6,8,19-20H,7,9H2,1H3. The van der Waals surface area contributed by atoms with Crippen LogP contribution in [0.3, 0.4) is 0 Å². The van der Waals surface area contributed by atoms with Crippen molar-refractivity contribution in [1.29, 1.82) is 10.8 Å². The molecular weight excluding hydrogens is 268 g/mol. The van der Waals surface area contributed by atoms with Crippen LogP contribution in [0.5, 0.6) is 0 Å². The third kappa shape index (κ3) is 1.97. The largest absolute Gasteiger partial charge is 0.305 e. The Balaban J connectivity index is 2.29. The van der Waals surface area contributed by atoms with Gasteiger partial charge in [-0.1, -0.05) is 41.9 Å². The van der Waals surface area contributed by atoms with Gasteiger partial charge in [-0.2, -0.15) is 0 Å². The summed E-state index contributed by atoms with van der Waals surface area (Å²) in [6, 6.07) is 11.6. The molecule has 0 amide bonds. The van der Waals surface area contributed by atoms with E-state index in [0.29, 0.717) is 22.9 Å². The second-order valence-corrected chi connectivity index (χ2v) is 5.51. The Bertz CT molecular complexity index is 732. The first kappa shape index (κ1) is 13.1. The molecule has 3 heteroatoms. The molecule has 0 spiro atoms. The van der Waals surface area contributed by atoms with Crippen molar-refractivity contribution in [2.24, 2.45) is 0 Å². The number of hydrogen-bond donors (Lipinski definition) is 2. The summed E-state index contributed by atoms with van der Waals surface area (Å²) in [5.74, 6) is 0. The fourth-order valence-corrected chi connectivity index (χ4v) is 2.95. The van der Waals surface area contributed by atoms with E-state index < -0.39 is 0 Å². The van der Waals surface area contributed by atoms with E-state index in [1.807, 2.05) is 43.3 Å². The molecule has 2 aromatic rings. The molecule has 2 nitrogen and oxygen atoms in total. The monoisotopic (exact) mass is 282 g/mol. The van der Waals surface area contributed by atoms with E-state index in [1.54, 1.807) is 0 Å². The van der Waals surface area contributed by atoms with Crippen LogP contribution in [0.1, 0.15) is 34.2 Å². The van der Waals surface area contributed by atoms with Crippen LogP contribution >= 0.6 is 11.6 Å². The van der Waals surface area contributed by atoms with Gasteiger partial charge in [0.15, 0.2) is 0 Å². The first-order valence-corrected chi connectivity index (χ1v) is 7.01. The van der Waals surface area contributed by atoms with Crippen LogP contribution in [0.2, 0.25) is 5.02 Å². The Morgan fingerprint density at radius 2 is 1.65 bits per heavy atom. The zero-order valence-electron chi connectivity index (χ0n) is 11.3. The van der Waals surface area contributed by atoms with Gasteiger partial charge in [0.1, 0.15) is 0 Å². The average molecular weight is 283 g/mol. The molecule has 0 saturated heterocycles. The number of aryl methyl sites for hydroxylation is 1. The molecule has 3 rings (SSSR count). The number of halogens is 1.